The molecule has 1 heterocycles. The van der Waals surface area contributed by atoms with E-state index in [1.807, 2.05) is 6.07 Å². The summed E-state index contributed by atoms with van der Waals surface area (Å²) in [5, 5.41) is 5.79. The van der Waals surface area contributed by atoms with Gasteiger partial charge in [-0.05, 0) is 37.3 Å². The molecular formula is C20H29N3O4. The first-order chi connectivity index (χ1) is 13.0. The van der Waals surface area contributed by atoms with Gasteiger partial charge >= 0.3 is 0 Å². The van der Waals surface area contributed by atoms with Crippen LogP contribution in [0.3, 0.4) is 0 Å². The van der Waals surface area contributed by atoms with Gasteiger partial charge in [0.15, 0.2) is 0 Å². The van der Waals surface area contributed by atoms with Crippen LogP contribution in [-0.2, 0) is 14.3 Å². The van der Waals surface area contributed by atoms with E-state index in [-0.39, 0.29) is 23.6 Å². The lowest BCUT2D eigenvalue weighted by Crippen LogP contribution is -2.53. The van der Waals surface area contributed by atoms with Crippen LogP contribution in [-0.4, -0.2) is 62.0 Å². The lowest BCUT2D eigenvalue weighted by atomic mass is 9.88. The molecule has 7 heteroatoms. The molecular weight excluding hydrogens is 346 g/mol. The fourth-order valence-electron chi connectivity index (χ4n) is 3.30. The molecule has 1 unspecified atom stereocenters. The van der Waals surface area contributed by atoms with Gasteiger partial charge in [-0.1, -0.05) is 18.2 Å². The van der Waals surface area contributed by atoms with Gasteiger partial charge in [-0.15, -0.1) is 0 Å². The molecule has 2 rings (SSSR count). The quantitative estimate of drug-likeness (QED) is 0.668. The number of carbonyl (C=O) groups excluding carboxylic acids is 3. The van der Waals surface area contributed by atoms with E-state index in [2.05, 4.69) is 10.6 Å². The molecule has 1 saturated heterocycles. The van der Waals surface area contributed by atoms with Gasteiger partial charge in [0.25, 0.3) is 5.91 Å². The van der Waals surface area contributed by atoms with E-state index < -0.39 is 6.04 Å². The van der Waals surface area contributed by atoms with Gasteiger partial charge in [-0.2, -0.15) is 0 Å². The van der Waals surface area contributed by atoms with Crippen molar-refractivity contribution in [3.8, 4) is 0 Å². The molecule has 2 N–H and O–H groups in total. The summed E-state index contributed by atoms with van der Waals surface area (Å²) in [6, 6.07) is 8.26. The highest BCUT2D eigenvalue weighted by Crippen LogP contribution is 2.21. The van der Waals surface area contributed by atoms with Gasteiger partial charge in [0, 0.05) is 45.8 Å². The number of carbonyl (C=O) groups is 3. The van der Waals surface area contributed by atoms with E-state index >= 15 is 0 Å². The minimum absolute atomic E-state index is 0.00399. The summed E-state index contributed by atoms with van der Waals surface area (Å²) in [6.45, 7) is 3.83. The van der Waals surface area contributed by atoms with Crippen LogP contribution in [0.4, 0.5) is 0 Å². The standard InChI is InChI=1S/C20H29N3O4/c1-15(24)23-12-9-16(10-13-23)18(20(26)21-11-6-14-27-2)22-19(25)17-7-4-3-5-8-17/h3-5,7-8,16,18H,6,9-14H2,1-2H3,(H,21,26)(H,22,25). The van der Waals surface area contributed by atoms with Crippen molar-refractivity contribution in [3.05, 3.63) is 35.9 Å². The van der Waals surface area contributed by atoms with Crippen molar-refractivity contribution >= 4 is 17.7 Å². The predicted molar refractivity (Wildman–Crippen MR) is 102 cm³/mol. The maximum Gasteiger partial charge on any atom is 0.251 e. The normalized spacial score (nSPS) is 15.9. The number of likely N-dealkylation sites (tertiary alicyclic amines) is 1. The minimum Gasteiger partial charge on any atom is -0.385 e. The number of hydrogen-bond donors (Lipinski definition) is 2. The number of amides is 3. The number of piperidine rings is 1. The molecule has 1 fully saturated rings. The third-order valence-corrected chi connectivity index (χ3v) is 4.89. The van der Waals surface area contributed by atoms with Gasteiger partial charge < -0.3 is 20.3 Å². The van der Waals surface area contributed by atoms with Crippen LogP contribution in [0, 0.1) is 5.92 Å². The molecule has 1 atom stereocenters. The summed E-state index contributed by atoms with van der Waals surface area (Å²) in [7, 11) is 1.62. The van der Waals surface area contributed by atoms with Crippen LogP contribution in [0.15, 0.2) is 30.3 Å². The molecule has 1 aromatic rings. The van der Waals surface area contributed by atoms with Crippen LogP contribution < -0.4 is 10.6 Å². The molecule has 1 aliphatic rings. The molecule has 27 heavy (non-hydrogen) atoms. The number of rotatable bonds is 8. The van der Waals surface area contributed by atoms with Crippen molar-refractivity contribution in [2.24, 2.45) is 5.92 Å². The van der Waals surface area contributed by atoms with Crippen LogP contribution in [0.2, 0.25) is 0 Å². The Kier molecular flexibility index (Phi) is 8.26. The third kappa shape index (κ3) is 6.36. The van der Waals surface area contributed by atoms with Crippen LogP contribution >= 0.6 is 0 Å². The Morgan fingerprint density at radius 2 is 1.85 bits per heavy atom. The van der Waals surface area contributed by atoms with E-state index in [1.165, 1.54) is 0 Å². The molecule has 0 aliphatic carbocycles. The topological polar surface area (TPSA) is 87.7 Å². The highest BCUT2D eigenvalue weighted by atomic mass is 16.5. The maximum atomic E-state index is 12.7. The third-order valence-electron chi connectivity index (χ3n) is 4.89. The smallest absolute Gasteiger partial charge is 0.251 e. The Morgan fingerprint density at radius 3 is 2.44 bits per heavy atom. The monoisotopic (exact) mass is 375 g/mol. The average Bonchev–Trinajstić information content (AvgIpc) is 2.69. The molecule has 7 nitrogen and oxygen atoms in total. The second-order valence-electron chi connectivity index (χ2n) is 6.80. The molecule has 0 aromatic heterocycles. The van der Waals surface area contributed by atoms with E-state index in [0.29, 0.717) is 51.1 Å². The van der Waals surface area contributed by atoms with Crippen molar-refractivity contribution in [1.29, 1.82) is 0 Å². The maximum absolute atomic E-state index is 12.7. The van der Waals surface area contributed by atoms with Crippen molar-refractivity contribution in [2.45, 2.75) is 32.2 Å². The Labute approximate surface area is 160 Å². The summed E-state index contributed by atoms with van der Waals surface area (Å²) in [5.41, 5.74) is 0.524. The minimum atomic E-state index is -0.616. The number of nitrogens with one attached hydrogen (secondary N) is 2. The summed E-state index contributed by atoms with van der Waals surface area (Å²) in [6.07, 6.45) is 2.08. The fourth-order valence-corrected chi connectivity index (χ4v) is 3.30. The summed E-state index contributed by atoms with van der Waals surface area (Å²) >= 11 is 0. The Hall–Kier alpha value is -2.41. The van der Waals surface area contributed by atoms with Gasteiger partial charge in [0.1, 0.15) is 6.04 Å². The summed E-state index contributed by atoms with van der Waals surface area (Å²) in [4.78, 5) is 38.6. The summed E-state index contributed by atoms with van der Waals surface area (Å²) < 4.78 is 5.00. The number of nitrogens with zero attached hydrogens (tertiary/aromatic N) is 1. The molecule has 1 aromatic carbocycles. The van der Waals surface area contributed by atoms with E-state index in [4.69, 9.17) is 4.74 Å². The van der Waals surface area contributed by atoms with Gasteiger partial charge in [-0.3, -0.25) is 14.4 Å². The average molecular weight is 375 g/mol. The van der Waals surface area contributed by atoms with Crippen LogP contribution in [0.25, 0.3) is 0 Å². The molecule has 0 radical (unpaired) electrons. The number of benzene rings is 1. The summed E-state index contributed by atoms with van der Waals surface area (Å²) in [5.74, 6) is -0.406. The fraction of sp³-hybridized carbons (Fsp3) is 0.550. The number of methoxy groups -OCH3 is 1. The van der Waals surface area contributed by atoms with Crippen molar-refractivity contribution in [1.82, 2.24) is 15.5 Å². The van der Waals surface area contributed by atoms with E-state index in [9.17, 15) is 14.4 Å². The number of hydrogen-bond acceptors (Lipinski definition) is 4. The highest BCUT2D eigenvalue weighted by molar-refractivity contribution is 5.97. The Balaban J connectivity index is 2.02. The molecule has 1 aliphatic heterocycles. The second kappa shape index (κ2) is 10.7. The van der Waals surface area contributed by atoms with E-state index in [1.54, 1.807) is 43.2 Å². The first-order valence-corrected chi connectivity index (χ1v) is 9.41. The molecule has 0 saturated carbocycles. The highest BCUT2D eigenvalue weighted by Gasteiger charge is 2.33. The van der Waals surface area contributed by atoms with Gasteiger partial charge in [0.05, 0.1) is 0 Å². The SMILES string of the molecule is COCCCNC(=O)C(NC(=O)c1ccccc1)C1CCN(C(C)=O)CC1. The van der Waals surface area contributed by atoms with Crippen molar-refractivity contribution < 1.29 is 19.1 Å². The van der Waals surface area contributed by atoms with Crippen molar-refractivity contribution in [2.75, 3.05) is 33.4 Å². The largest absolute Gasteiger partial charge is 0.385 e. The first-order valence-electron chi connectivity index (χ1n) is 9.41. The van der Waals surface area contributed by atoms with Crippen LogP contribution in [0.5, 0.6) is 0 Å². The predicted octanol–water partition coefficient (Wildman–Crippen LogP) is 1.20. The Morgan fingerprint density at radius 1 is 1.19 bits per heavy atom. The molecule has 0 spiro atoms. The second-order valence-corrected chi connectivity index (χ2v) is 6.80. The van der Waals surface area contributed by atoms with E-state index in [0.717, 1.165) is 0 Å². The zero-order valence-corrected chi connectivity index (χ0v) is 16.1. The molecule has 3 amide bonds. The molecule has 0 bridgehead atoms. The first kappa shape index (κ1) is 20.9. The number of ether oxygens (including phenoxy) is 1. The van der Waals surface area contributed by atoms with Crippen molar-refractivity contribution in [3.63, 3.8) is 0 Å². The van der Waals surface area contributed by atoms with Crippen LogP contribution in [0.1, 0.15) is 36.5 Å². The van der Waals surface area contributed by atoms with Gasteiger partial charge in [0.2, 0.25) is 11.8 Å². The lowest BCUT2D eigenvalue weighted by Gasteiger charge is -2.35. The zero-order valence-electron chi connectivity index (χ0n) is 16.1. The lowest BCUT2D eigenvalue weighted by molar-refractivity contribution is -0.130. The molecule has 148 valence electrons. The Bertz CT molecular complexity index is 627. The van der Waals surface area contributed by atoms with Gasteiger partial charge in [-0.25, -0.2) is 0 Å². The zero-order chi connectivity index (χ0) is 19.6.